The van der Waals surface area contributed by atoms with Gasteiger partial charge in [-0.15, -0.1) is 0 Å². The zero-order chi connectivity index (χ0) is 15.6. The Balaban J connectivity index is 2.06. The smallest absolute Gasteiger partial charge is 0.124 e. The minimum absolute atomic E-state index is 0.716. The lowest BCUT2D eigenvalue weighted by Gasteiger charge is -2.08. The van der Waals surface area contributed by atoms with E-state index < -0.39 is 0 Å². The molecule has 0 bridgehead atoms. The summed E-state index contributed by atoms with van der Waals surface area (Å²) in [6.07, 6.45) is 3.32. The second-order valence-corrected chi connectivity index (χ2v) is 5.21. The summed E-state index contributed by atoms with van der Waals surface area (Å²) in [5.74, 6) is 5.99. The number of nitrogens with zero attached hydrogens (tertiary/aromatic N) is 3. The first-order chi connectivity index (χ1) is 11.4. The molecule has 23 heavy (non-hydrogen) atoms. The van der Waals surface area contributed by atoms with Crippen molar-refractivity contribution in [3.05, 3.63) is 66.7 Å². The fourth-order valence-corrected chi connectivity index (χ4v) is 2.78. The minimum Gasteiger partial charge on any atom is -0.244 e. The van der Waals surface area contributed by atoms with Gasteiger partial charge in [-0.1, -0.05) is 48.4 Å². The molecule has 3 nitrogen and oxygen atoms in total. The second-order valence-electron chi connectivity index (χ2n) is 5.21. The van der Waals surface area contributed by atoms with Crippen LogP contribution >= 0.6 is 0 Å². The highest BCUT2D eigenvalue weighted by atomic mass is 14.8. The lowest BCUT2D eigenvalue weighted by molar-refractivity contribution is 1.20. The predicted octanol–water partition coefficient (Wildman–Crippen LogP) is 4.22. The maximum atomic E-state index is 4.76. The van der Waals surface area contributed by atoms with Gasteiger partial charge in [0.2, 0.25) is 0 Å². The molecule has 0 spiro atoms. The van der Waals surface area contributed by atoms with Crippen LogP contribution in [0.4, 0.5) is 0 Å². The quantitative estimate of drug-likeness (QED) is 0.494. The summed E-state index contributed by atoms with van der Waals surface area (Å²) in [5, 5.41) is 3.25. The van der Waals surface area contributed by atoms with Crippen molar-refractivity contribution in [2.45, 2.75) is 6.92 Å². The molecule has 0 amide bonds. The highest BCUT2D eigenvalue weighted by Gasteiger charge is 2.09. The number of fused-ring (bicyclic) bond motifs is 2. The van der Waals surface area contributed by atoms with E-state index in [1.807, 2.05) is 25.1 Å². The Hall–Kier alpha value is -3.25. The normalized spacial score (nSPS) is 10.5. The maximum absolute atomic E-state index is 4.76. The Kier molecular flexibility index (Phi) is 3.21. The highest BCUT2D eigenvalue weighted by Crippen LogP contribution is 2.29. The Morgan fingerprint density at radius 2 is 1.83 bits per heavy atom. The van der Waals surface area contributed by atoms with Crippen LogP contribution in [0, 0.1) is 11.8 Å². The number of pyridine rings is 1. The van der Waals surface area contributed by atoms with E-state index in [0.29, 0.717) is 5.69 Å². The molecule has 2 aromatic carbocycles. The number of rotatable bonds is 1. The van der Waals surface area contributed by atoms with E-state index in [1.54, 1.807) is 12.5 Å². The van der Waals surface area contributed by atoms with Crippen LogP contribution in [0.5, 0.6) is 0 Å². The Bertz CT molecular complexity index is 1080. The highest BCUT2D eigenvalue weighted by molar-refractivity contribution is 5.97. The minimum atomic E-state index is 0.716. The van der Waals surface area contributed by atoms with Crippen molar-refractivity contribution < 1.29 is 0 Å². The van der Waals surface area contributed by atoms with Crippen molar-refractivity contribution in [2.75, 3.05) is 0 Å². The van der Waals surface area contributed by atoms with Crippen LogP contribution in [0.1, 0.15) is 12.6 Å². The third-order valence-corrected chi connectivity index (χ3v) is 3.81. The lowest BCUT2D eigenvalue weighted by atomic mass is 10.0. The molecule has 0 fully saturated rings. The fourth-order valence-electron chi connectivity index (χ4n) is 2.78. The van der Waals surface area contributed by atoms with Gasteiger partial charge in [0.15, 0.2) is 0 Å². The van der Waals surface area contributed by atoms with Crippen LogP contribution in [-0.4, -0.2) is 15.0 Å². The molecular formula is C20H13N3. The van der Waals surface area contributed by atoms with Crippen LogP contribution in [0.25, 0.3) is 32.9 Å². The summed E-state index contributed by atoms with van der Waals surface area (Å²) in [6.45, 7) is 1.81. The van der Waals surface area contributed by atoms with Gasteiger partial charge in [0.25, 0.3) is 0 Å². The summed E-state index contributed by atoms with van der Waals surface area (Å²) in [6, 6.07) is 16.5. The van der Waals surface area contributed by atoms with E-state index >= 15 is 0 Å². The van der Waals surface area contributed by atoms with Crippen LogP contribution in [0.3, 0.4) is 0 Å². The van der Waals surface area contributed by atoms with E-state index in [0.717, 1.165) is 22.2 Å². The molecule has 0 aliphatic rings. The maximum Gasteiger partial charge on any atom is 0.124 e. The molecule has 4 aromatic rings. The van der Waals surface area contributed by atoms with Crippen molar-refractivity contribution in [3.63, 3.8) is 0 Å². The average Bonchev–Trinajstić information content (AvgIpc) is 2.61. The van der Waals surface area contributed by atoms with Crippen molar-refractivity contribution >= 4 is 21.7 Å². The Morgan fingerprint density at radius 1 is 0.957 bits per heavy atom. The summed E-state index contributed by atoms with van der Waals surface area (Å²) in [5.41, 5.74) is 3.54. The largest absolute Gasteiger partial charge is 0.244 e. The Labute approximate surface area is 134 Å². The zero-order valence-corrected chi connectivity index (χ0v) is 12.6. The SMILES string of the molecule is CC#Cc1nc(-c2cccc3ccccc23)cc2ncncc12. The number of aromatic nitrogens is 3. The first-order valence-electron chi connectivity index (χ1n) is 7.38. The molecular weight excluding hydrogens is 282 g/mol. The van der Waals surface area contributed by atoms with E-state index in [2.05, 4.69) is 52.1 Å². The van der Waals surface area contributed by atoms with Gasteiger partial charge in [-0.2, -0.15) is 0 Å². The molecule has 2 aromatic heterocycles. The molecule has 0 aliphatic heterocycles. The first kappa shape index (κ1) is 13.4. The summed E-state index contributed by atoms with van der Waals surface area (Å²) >= 11 is 0. The summed E-state index contributed by atoms with van der Waals surface area (Å²) in [7, 11) is 0. The molecule has 0 atom stereocenters. The van der Waals surface area contributed by atoms with Gasteiger partial charge < -0.3 is 0 Å². The molecule has 0 saturated carbocycles. The van der Waals surface area contributed by atoms with Crippen LogP contribution in [0.2, 0.25) is 0 Å². The second kappa shape index (κ2) is 5.51. The van der Waals surface area contributed by atoms with E-state index in [4.69, 9.17) is 4.98 Å². The molecule has 0 radical (unpaired) electrons. The van der Waals surface area contributed by atoms with Gasteiger partial charge in [-0.05, 0) is 29.7 Å². The topological polar surface area (TPSA) is 38.7 Å². The van der Waals surface area contributed by atoms with E-state index in [9.17, 15) is 0 Å². The molecule has 108 valence electrons. The summed E-state index contributed by atoms with van der Waals surface area (Å²) in [4.78, 5) is 13.2. The van der Waals surface area contributed by atoms with Crippen molar-refractivity contribution in [2.24, 2.45) is 0 Å². The van der Waals surface area contributed by atoms with Gasteiger partial charge in [0, 0.05) is 11.8 Å². The molecule has 3 heteroatoms. The molecule has 0 aliphatic carbocycles. The molecule has 2 heterocycles. The van der Waals surface area contributed by atoms with Crippen LogP contribution < -0.4 is 0 Å². The lowest BCUT2D eigenvalue weighted by Crippen LogP contribution is -1.94. The van der Waals surface area contributed by atoms with Gasteiger partial charge in [0.1, 0.15) is 12.0 Å². The van der Waals surface area contributed by atoms with Gasteiger partial charge in [-0.3, -0.25) is 0 Å². The molecule has 0 saturated heterocycles. The monoisotopic (exact) mass is 295 g/mol. The van der Waals surface area contributed by atoms with Gasteiger partial charge in [-0.25, -0.2) is 15.0 Å². The van der Waals surface area contributed by atoms with Crippen LogP contribution in [0.15, 0.2) is 61.1 Å². The Morgan fingerprint density at radius 3 is 2.74 bits per heavy atom. The predicted molar refractivity (Wildman–Crippen MR) is 92.8 cm³/mol. The molecule has 4 rings (SSSR count). The van der Waals surface area contributed by atoms with Crippen molar-refractivity contribution in [3.8, 4) is 23.1 Å². The standard InChI is InChI=1S/C20H13N3/c1-2-6-18-17-12-21-13-22-19(17)11-20(23-18)16-10-5-8-14-7-3-4-9-15(14)16/h3-5,7-13H,1H3. The van der Waals surface area contributed by atoms with E-state index in [1.165, 1.54) is 10.8 Å². The summed E-state index contributed by atoms with van der Waals surface area (Å²) < 4.78 is 0. The molecule has 0 unspecified atom stereocenters. The van der Waals surface area contributed by atoms with Crippen molar-refractivity contribution in [1.29, 1.82) is 0 Å². The zero-order valence-electron chi connectivity index (χ0n) is 12.6. The third-order valence-electron chi connectivity index (χ3n) is 3.81. The number of hydrogen-bond donors (Lipinski definition) is 0. The van der Waals surface area contributed by atoms with E-state index in [-0.39, 0.29) is 0 Å². The van der Waals surface area contributed by atoms with Gasteiger partial charge >= 0.3 is 0 Å². The van der Waals surface area contributed by atoms with Gasteiger partial charge in [0.05, 0.1) is 16.6 Å². The van der Waals surface area contributed by atoms with Crippen LogP contribution in [-0.2, 0) is 0 Å². The number of hydrogen-bond acceptors (Lipinski definition) is 3. The van der Waals surface area contributed by atoms with Crippen molar-refractivity contribution in [1.82, 2.24) is 15.0 Å². The molecule has 0 N–H and O–H groups in total. The first-order valence-corrected chi connectivity index (χ1v) is 7.38. The third kappa shape index (κ3) is 2.31. The average molecular weight is 295 g/mol. The fraction of sp³-hybridized carbons (Fsp3) is 0.0500. The number of benzene rings is 2.